The lowest BCUT2D eigenvalue weighted by Crippen LogP contribution is -2.16. The fourth-order valence-electron chi connectivity index (χ4n) is 13.7. The second kappa shape index (κ2) is 51.8. The summed E-state index contributed by atoms with van der Waals surface area (Å²) in [7, 11) is 5.49. The van der Waals surface area contributed by atoms with Crippen LogP contribution in [0.15, 0.2) is 393 Å². The Morgan fingerprint density at radius 2 is 0.703 bits per heavy atom. The molecule has 0 saturated carbocycles. The summed E-state index contributed by atoms with van der Waals surface area (Å²) in [6.45, 7) is 9.75. The Bertz CT molecular complexity index is 7400. The first-order valence-electron chi connectivity index (χ1n) is 44.6. The Balaban J connectivity index is 0.000000146. The minimum atomic E-state index is -1.08. The topological polar surface area (TPSA) is 339 Å². The average Bonchev–Trinajstić information content (AvgIpc) is 1.70. The van der Waals surface area contributed by atoms with Crippen molar-refractivity contribution in [1.82, 2.24) is 39.9 Å². The van der Waals surface area contributed by atoms with E-state index in [0.717, 1.165) is 78.7 Å². The third-order valence-electron chi connectivity index (χ3n) is 20.8. The zero-order valence-corrected chi connectivity index (χ0v) is 81.8. The van der Waals surface area contributed by atoms with Crippen molar-refractivity contribution < 1.29 is 56.1 Å². The predicted molar refractivity (Wildman–Crippen MR) is 564 cm³/mol. The summed E-state index contributed by atoms with van der Waals surface area (Å²) in [6, 6.07) is 90.3. The number of nitrogens with one attached hydrogen (secondary N) is 6. The van der Waals surface area contributed by atoms with Gasteiger partial charge in [0.1, 0.15) is 52.3 Å². The van der Waals surface area contributed by atoms with Crippen molar-refractivity contribution >= 4 is 131 Å². The van der Waals surface area contributed by atoms with Gasteiger partial charge in [-0.15, -0.1) is 11.3 Å². The number of thiazole rings is 1. The van der Waals surface area contributed by atoms with Gasteiger partial charge >= 0.3 is 0 Å². The van der Waals surface area contributed by atoms with Crippen LogP contribution in [0.25, 0.3) is 0 Å². The van der Waals surface area contributed by atoms with E-state index in [9.17, 15) is 47.2 Å². The number of aryl methyl sites for hydroxylation is 5. The SMILES string of the molecule is CN(c1cncnc1)c1cc(NC(=O)c2cscn2)cc(F)c1F.Cc1cccc(C(=O)Nc2cc(Br)cc(Oc3cccnc3)c2)c1.Cc1cccc(C(=O)Nc2cc(C#N)cc(Oc3cccnc3)c2)c1.Cc1cccc(C(=O)Nc2cccc(N(C)c3cccnc3)c2)c1.Cc1cccc(C(=O)Nc2cccc(N(C)c3cccnc3)c2)c1.Cc1cccc(C(=O)Nc2cccc(Oc3cncc(F)c3)c2)c1. The number of benzene rings is 11. The van der Waals surface area contributed by atoms with E-state index in [4.69, 9.17) is 14.2 Å². The monoisotopic (exact) mass is 2010 g/mol. The largest absolute Gasteiger partial charge is 0.456 e. The van der Waals surface area contributed by atoms with Crippen LogP contribution in [0.4, 0.5) is 81.4 Å². The number of hydrogen-bond donors (Lipinski definition) is 6. The van der Waals surface area contributed by atoms with E-state index in [2.05, 4.69) is 93.8 Å². The van der Waals surface area contributed by atoms with Crippen molar-refractivity contribution in [2.24, 2.45) is 0 Å². The Labute approximate surface area is 847 Å². The van der Waals surface area contributed by atoms with Crippen LogP contribution >= 0.6 is 27.3 Å². The van der Waals surface area contributed by atoms with Gasteiger partial charge in [0.15, 0.2) is 11.6 Å². The highest BCUT2D eigenvalue weighted by Crippen LogP contribution is 2.35. The molecule has 0 fully saturated rings. The van der Waals surface area contributed by atoms with Gasteiger partial charge in [-0.05, 0) is 223 Å². The van der Waals surface area contributed by atoms with E-state index >= 15 is 0 Å². The number of aromatic nitrogens is 8. The number of hydrogen-bond acceptors (Lipinski definition) is 22. The number of pyridine rings is 5. The second-order valence-corrected chi connectivity index (χ2v) is 33.8. The van der Waals surface area contributed by atoms with Crippen LogP contribution in [0.3, 0.4) is 0 Å². The maximum atomic E-state index is 14.1. The van der Waals surface area contributed by atoms with E-state index in [1.165, 1.54) is 58.8 Å². The lowest BCUT2D eigenvalue weighted by atomic mass is 10.1. The van der Waals surface area contributed by atoms with E-state index in [1.54, 1.807) is 153 Å². The summed E-state index contributed by atoms with van der Waals surface area (Å²) in [6.07, 6.45) is 20.4. The fourth-order valence-corrected chi connectivity index (χ4v) is 14.8. The molecule has 145 heavy (non-hydrogen) atoms. The Morgan fingerprint density at radius 3 is 1.12 bits per heavy atom. The van der Waals surface area contributed by atoms with E-state index in [1.807, 2.05) is 247 Å². The molecule has 11 aromatic carbocycles. The lowest BCUT2D eigenvalue weighted by Gasteiger charge is -2.20. The molecule has 0 aliphatic heterocycles. The van der Waals surface area contributed by atoms with E-state index in [-0.39, 0.29) is 52.4 Å². The molecule has 0 aliphatic carbocycles. The normalized spacial score (nSPS) is 10.2. The summed E-state index contributed by atoms with van der Waals surface area (Å²) >= 11 is 4.70. The minimum absolute atomic E-state index is 0.0571. The van der Waals surface area contributed by atoms with Crippen LogP contribution in [0, 0.1) is 63.4 Å². The third kappa shape index (κ3) is 31.9. The van der Waals surface area contributed by atoms with Gasteiger partial charge in [0.05, 0.1) is 89.5 Å². The summed E-state index contributed by atoms with van der Waals surface area (Å²) in [5.74, 6) is -0.920. The first kappa shape index (κ1) is 104. The Hall–Kier alpha value is -18.7. The number of nitriles is 1. The van der Waals surface area contributed by atoms with Gasteiger partial charge in [-0.2, -0.15) is 5.26 Å². The molecule has 18 rings (SSSR count). The quantitative estimate of drug-likeness (QED) is 0.0327. The molecular weight excluding hydrogens is 1920 g/mol. The molecule has 0 aliphatic rings. The molecule has 7 heterocycles. The highest BCUT2D eigenvalue weighted by Gasteiger charge is 2.21. The van der Waals surface area contributed by atoms with Crippen molar-refractivity contribution in [3.05, 3.63) is 478 Å². The smallest absolute Gasteiger partial charge is 0.275 e. The molecule has 0 saturated heterocycles. The van der Waals surface area contributed by atoms with Crippen molar-refractivity contribution in [3.8, 4) is 40.6 Å². The number of carbonyl (C=O) groups is 6. The van der Waals surface area contributed by atoms with E-state index < -0.39 is 23.4 Å². The summed E-state index contributed by atoms with van der Waals surface area (Å²) in [5, 5.41) is 27.7. The van der Waals surface area contributed by atoms with Crippen LogP contribution in [-0.4, -0.2) is 96.5 Å². The highest BCUT2D eigenvalue weighted by molar-refractivity contribution is 9.10. The van der Waals surface area contributed by atoms with Crippen molar-refractivity contribution in [2.45, 2.75) is 34.6 Å². The van der Waals surface area contributed by atoms with Gasteiger partial charge in [0.25, 0.3) is 35.4 Å². The van der Waals surface area contributed by atoms with Crippen LogP contribution in [0.2, 0.25) is 0 Å². The maximum absolute atomic E-state index is 14.1. The van der Waals surface area contributed by atoms with Crippen molar-refractivity contribution in [2.75, 3.05) is 67.7 Å². The predicted octanol–water partition coefficient (Wildman–Crippen LogP) is 26.1. The van der Waals surface area contributed by atoms with Gasteiger partial charge < -0.3 is 60.8 Å². The average molecular weight is 2020 g/mol. The number of amides is 6. The summed E-state index contributed by atoms with van der Waals surface area (Å²) in [4.78, 5) is 111. The number of halogens is 4. The molecular formula is C113H94BrF3N18O9S. The van der Waals surface area contributed by atoms with Crippen LogP contribution in [0.5, 0.6) is 34.5 Å². The minimum Gasteiger partial charge on any atom is -0.456 e. The van der Waals surface area contributed by atoms with Crippen molar-refractivity contribution in [1.29, 1.82) is 5.26 Å². The summed E-state index contributed by atoms with van der Waals surface area (Å²) < 4.78 is 59.0. The molecule has 6 N–H and O–H groups in total. The number of anilines is 12. The molecule has 0 spiro atoms. The standard InChI is InChI=1S/C20H15N3O2.2C20H19N3O.C19H15BrN2O2.C19H15FN2O2.C15H11F2N5OS/c1-14-4-2-5-16(8-14)20(24)23-17-9-15(12-21)10-19(11-17)25-18-6-3-7-22-13-18;2*1-15-6-3-7-16(12-15)20(24)22-17-8-4-9-18(13-17)23(2)19-10-5-11-21-14-19;1-13-4-2-5-14(8-13)19(23)22-16-9-15(20)10-18(11-16)24-17-6-3-7-21-12-17;1-13-4-2-5-14(8-13)19(23)22-16-6-3-7-17(10-16)24-18-9-15(20)11-21-12-18;1-22(10-4-18-7-19-5-10)13-3-9(2-11(16)14(13)17)21-15(23)12-6-24-8-20-12/h2-11,13H,1H3,(H,23,24);2*3-14H,1-2H3,(H,22,24);2*2-12H,1H3,(H,22,23);2-8H,1H3,(H,21,23). The zero-order chi connectivity index (χ0) is 103. The van der Waals surface area contributed by atoms with Crippen LogP contribution < -0.4 is 60.8 Å². The van der Waals surface area contributed by atoms with Gasteiger partial charge in [-0.3, -0.25) is 53.7 Å². The Morgan fingerprint density at radius 1 is 0.331 bits per heavy atom. The molecule has 6 amide bonds. The molecule has 0 unspecified atom stereocenters. The Kier molecular flexibility index (Phi) is 37.0. The molecule has 32 heteroatoms. The molecule has 7 aromatic heterocycles. The molecule has 18 aromatic rings. The highest BCUT2D eigenvalue weighted by atomic mass is 79.9. The third-order valence-corrected chi connectivity index (χ3v) is 21.9. The number of ether oxygens (including phenoxy) is 3. The van der Waals surface area contributed by atoms with Crippen molar-refractivity contribution in [3.63, 3.8) is 0 Å². The summed E-state index contributed by atoms with van der Waals surface area (Å²) in [5.41, 5.74) is 18.0. The lowest BCUT2D eigenvalue weighted by molar-refractivity contribution is 0.101. The zero-order valence-electron chi connectivity index (χ0n) is 79.4. The second-order valence-electron chi connectivity index (χ2n) is 32.1. The number of carbonyl (C=O) groups excluding carboxylic acids is 6. The van der Waals surface area contributed by atoms with Gasteiger partial charge in [-0.25, -0.2) is 28.1 Å². The van der Waals surface area contributed by atoms with Crippen LogP contribution in [-0.2, 0) is 0 Å². The van der Waals surface area contributed by atoms with Crippen LogP contribution in [0.1, 0.15) is 95.7 Å². The molecule has 27 nitrogen and oxygen atoms in total. The molecule has 0 bridgehead atoms. The first-order valence-corrected chi connectivity index (χ1v) is 46.4. The molecule has 0 atom stereocenters. The van der Waals surface area contributed by atoms with E-state index in [0.29, 0.717) is 84.9 Å². The fraction of sp³-hybridized carbons (Fsp3) is 0.0708. The maximum Gasteiger partial charge on any atom is 0.275 e. The van der Waals surface area contributed by atoms with Gasteiger partial charge in [0.2, 0.25) is 0 Å². The first-order chi connectivity index (χ1) is 70.2. The number of nitrogens with zero attached hydrogens (tertiary/aromatic N) is 12. The number of rotatable bonds is 24. The molecule has 0 radical (unpaired) electrons. The van der Waals surface area contributed by atoms with Gasteiger partial charge in [0, 0.05) is 159 Å². The van der Waals surface area contributed by atoms with Gasteiger partial charge in [-0.1, -0.05) is 123 Å². The molecule has 724 valence electrons.